The third-order valence-electron chi connectivity index (χ3n) is 8.37. The maximum atomic E-state index is 16.8. The summed E-state index contributed by atoms with van der Waals surface area (Å²) in [4.78, 5) is 12.6. The Balaban J connectivity index is 1.55. The molecule has 0 saturated carbocycles. The number of thiophene rings is 1. The van der Waals surface area contributed by atoms with Gasteiger partial charge in [0.25, 0.3) is 0 Å². The molecule has 3 aliphatic heterocycles. The van der Waals surface area contributed by atoms with Crippen molar-refractivity contribution >= 4 is 49.1 Å². The quantitative estimate of drug-likeness (QED) is 0.288. The van der Waals surface area contributed by atoms with E-state index in [0.717, 1.165) is 31.0 Å². The van der Waals surface area contributed by atoms with Gasteiger partial charge in [-0.3, -0.25) is 0 Å². The molecular weight excluding hydrogens is 577 g/mol. The first-order valence-corrected chi connectivity index (χ1v) is 14.3. The molecule has 3 fully saturated rings. The molecular formula is C28H24F5N7OS. The van der Waals surface area contributed by atoms with Crippen LogP contribution in [0.4, 0.5) is 38.7 Å². The number of hydrogen-bond acceptors (Lipinski definition) is 9. The number of nitrogens with two attached hydrogens (primary N) is 1. The topological polar surface area (TPSA) is 114 Å². The largest absolute Gasteiger partial charge is 0.417 e. The van der Waals surface area contributed by atoms with Crippen LogP contribution < -0.4 is 20.9 Å². The maximum absolute atomic E-state index is 16.8. The van der Waals surface area contributed by atoms with Crippen LogP contribution in [0.25, 0.3) is 32.1 Å². The zero-order chi connectivity index (χ0) is 29.5. The van der Waals surface area contributed by atoms with Crippen LogP contribution in [0.1, 0.15) is 30.4 Å². The molecule has 0 aliphatic carbocycles. The smallest absolute Gasteiger partial charge is 0.391 e. The Morgan fingerprint density at radius 3 is 2.45 bits per heavy atom. The van der Waals surface area contributed by atoms with Crippen molar-refractivity contribution in [2.45, 2.75) is 43.6 Å². The van der Waals surface area contributed by atoms with Gasteiger partial charge in [0.05, 0.1) is 21.9 Å². The van der Waals surface area contributed by atoms with E-state index in [1.165, 1.54) is 0 Å². The third-order valence-corrected chi connectivity index (χ3v) is 9.39. The first-order valence-electron chi connectivity index (χ1n) is 13.5. The number of piperazine rings is 1. The molecule has 3 aliphatic rings. The molecule has 7 rings (SSSR count). The number of rotatable bonds is 3. The Morgan fingerprint density at radius 1 is 1.07 bits per heavy atom. The van der Waals surface area contributed by atoms with Gasteiger partial charge < -0.3 is 26.0 Å². The Bertz CT molecular complexity index is 1790. The fourth-order valence-corrected chi connectivity index (χ4v) is 7.42. The van der Waals surface area contributed by atoms with E-state index in [2.05, 4.69) is 15.3 Å². The number of aliphatic hydroxyl groups is 1. The predicted octanol–water partition coefficient (Wildman–Crippen LogP) is 4.77. The number of benzene rings is 2. The monoisotopic (exact) mass is 601 g/mol. The lowest BCUT2D eigenvalue weighted by Gasteiger charge is -2.35. The van der Waals surface area contributed by atoms with Crippen molar-refractivity contribution in [3.63, 3.8) is 0 Å². The molecule has 4 aromatic rings. The van der Waals surface area contributed by atoms with Gasteiger partial charge in [0.15, 0.2) is 5.82 Å². The van der Waals surface area contributed by atoms with E-state index in [4.69, 9.17) is 5.73 Å². The van der Waals surface area contributed by atoms with Crippen molar-refractivity contribution in [1.29, 1.82) is 5.26 Å². The van der Waals surface area contributed by atoms with E-state index < -0.39 is 35.0 Å². The summed E-state index contributed by atoms with van der Waals surface area (Å²) in [5.41, 5.74) is 2.94. The summed E-state index contributed by atoms with van der Waals surface area (Å²) in [6.07, 6.45) is -3.40. The van der Waals surface area contributed by atoms with Crippen molar-refractivity contribution in [3.8, 4) is 17.2 Å². The summed E-state index contributed by atoms with van der Waals surface area (Å²) in [5, 5.41) is 23.0. The SMILES string of the molecule is N#Cc1c(N)sc2c(F)ccc(-c3c(C(F)(F)F)cc4c(N5CC6CCC(C5)N6)nc(N5CC[C@H](O)C5)nc4c3F)c12. The summed E-state index contributed by atoms with van der Waals surface area (Å²) < 4.78 is 75.7. The highest BCUT2D eigenvalue weighted by Crippen LogP contribution is 2.48. The molecule has 3 saturated heterocycles. The van der Waals surface area contributed by atoms with Crippen molar-refractivity contribution in [3.05, 3.63) is 41.0 Å². The molecule has 2 aromatic carbocycles. The number of hydrogen-bond donors (Lipinski definition) is 3. The molecule has 8 nitrogen and oxygen atoms in total. The zero-order valence-corrected chi connectivity index (χ0v) is 22.8. The number of nitrogens with one attached hydrogen (secondary N) is 1. The second-order valence-corrected chi connectivity index (χ2v) is 12.1. The van der Waals surface area contributed by atoms with Gasteiger partial charge in [0.2, 0.25) is 5.95 Å². The molecule has 4 N–H and O–H groups in total. The predicted molar refractivity (Wildman–Crippen MR) is 149 cm³/mol. The van der Waals surface area contributed by atoms with Crippen LogP contribution in [0.5, 0.6) is 0 Å². The number of nitrogens with zero attached hydrogens (tertiary/aromatic N) is 5. The summed E-state index contributed by atoms with van der Waals surface area (Å²) in [5.74, 6) is -1.75. The lowest BCUT2D eigenvalue weighted by Crippen LogP contribution is -2.51. The molecule has 0 radical (unpaired) electrons. The van der Waals surface area contributed by atoms with Crippen LogP contribution in [0.2, 0.25) is 0 Å². The molecule has 42 heavy (non-hydrogen) atoms. The average Bonchev–Trinajstić information content (AvgIpc) is 3.64. The van der Waals surface area contributed by atoms with Crippen LogP contribution in [0.15, 0.2) is 18.2 Å². The molecule has 3 atom stereocenters. The summed E-state index contributed by atoms with van der Waals surface area (Å²) in [6, 6.07) is 4.92. The minimum atomic E-state index is -5.02. The summed E-state index contributed by atoms with van der Waals surface area (Å²) in [7, 11) is 0. The molecule has 5 heterocycles. The normalized spacial score (nSPS) is 22.5. The number of nitrogen functional groups attached to an aromatic ring is 1. The van der Waals surface area contributed by atoms with Crippen LogP contribution in [0, 0.1) is 23.0 Å². The Morgan fingerprint density at radius 2 is 1.81 bits per heavy atom. The van der Waals surface area contributed by atoms with Crippen LogP contribution in [-0.2, 0) is 6.18 Å². The summed E-state index contributed by atoms with van der Waals surface area (Å²) >= 11 is 0.717. The van der Waals surface area contributed by atoms with Gasteiger partial charge in [0.1, 0.15) is 28.2 Å². The molecule has 0 amide bonds. The first kappa shape index (κ1) is 27.1. The van der Waals surface area contributed by atoms with Gasteiger partial charge >= 0.3 is 6.18 Å². The molecule has 14 heteroatoms. The molecule has 2 bridgehead atoms. The van der Waals surface area contributed by atoms with E-state index in [0.29, 0.717) is 37.4 Å². The van der Waals surface area contributed by atoms with Crippen LogP contribution in [-0.4, -0.2) is 59.4 Å². The third kappa shape index (κ3) is 4.21. The zero-order valence-electron chi connectivity index (χ0n) is 22.0. The fraction of sp³-hybridized carbons (Fsp3) is 0.393. The Kier molecular flexibility index (Phi) is 6.20. The number of anilines is 3. The van der Waals surface area contributed by atoms with Gasteiger partial charge in [-0.05, 0) is 37.0 Å². The van der Waals surface area contributed by atoms with E-state index >= 15 is 4.39 Å². The van der Waals surface area contributed by atoms with E-state index in [9.17, 15) is 27.9 Å². The maximum Gasteiger partial charge on any atom is 0.417 e. The molecule has 0 spiro atoms. The summed E-state index contributed by atoms with van der Waals surface area (Å²) in [6.45, 7) is 1.55. The van der Waals surface area contributed by atoms with Crippen LogP contribution >= 0.6 is 11.3 Å². The van der Waals surface area contributed by atoms with E-state index in [1.54, 1.807) is 4.90 Å². The second-order valence-electron chi connectivity index (χ2n) is 11.0. The van der Waals surface area contributed by atoms with E-state index in [-0.39, 0.29) is 67.5 Å². The first-order chi connectivity index (χ1) is 20.0. The number of aliphatic hydroxyl groups excluding tert-OH is 1. The van der Waals surface area contributed by atoms with Gasteiger partial charge in [0, 0.05) is 54.6 Å². The Hall–Kier alpha value is -3.80. The highest BCUT2D eigenvalue weighted by atomic mass is 32.1. The Labute approximate surface area is 240 Å². The van der Waals surface area contributed by atoms with E-state index in [1.807, 2.05) is 11.0 Å². The number of aromatic nitrogens is 2. The number of alkyl halides is 3. The lowest BCUT2D eigenvalue weighted by atomic mass is 9.92. The minimum Gasteiger partial charge on any atom is -0.391 e. The molecule has 2 aromatic heterocycles. The number of nitriles is 1. The van der Waals surface area contributed by atoms with Crippen molar-refractivity contribution in [2.24, 2.45) is 0 Å². The highest BCUT2D eigenvalue weighted by molar-refractivity contribution is 7.23. The van der Waals surface area contributed by atoms with Crippen LogP contribution in [0.3, 0.4) is 0 Å². The molecule has 218 valence electrons. The van der Waals surface area contributed by atoms with Crippen molar-refractivity contribution in [1.82, 2.24) is 15.3 Å². The highest BCUT2D eigenvalue weighted by Gasteiger charge is 2.40. The number of β-amino-alcohol motifs (C(OH)–C–C–N with tert-alkyl or cyclic N) is 1. The fourth-order valence-electron chi connectivity index (χ4n) is 6.47. The van der Waals surface area contributed by atoms with Gasteiger partial charge in [-0.25, -0.2) is 13.8 Å². The standard InChI is InChI=1S/C28H24F5N7OS/c29-19-4-3-15(20-17(8-34)25(35)42-24(19)20)21-18(28(31,32)33)7-16-23(22(21)30)37-27(39-6-5-14(41)11-39)38-26(16)40-9-12-1-2-13(10-40)36-12/h3-4,7,12-14,36,41H,1-2,5-6,9-11,35H2/t12?,13?,14-/m0/s1. The van der Waals surface area contributed by atoms with Crippen molar-refractivity contribution in [2.75, 3.05) is 41.7 Å². The van der Waals surface area contributed by atoms with Gasteiger partial charge in [-0.15, -0.1) is 11.3 Å². The second kappa shape index (κ2) is 9.62. The number of halogens is 5. The minimum absolute atomic E-state index is 0.0820. The van der Waals surface area contributed by atoms with Gasteiger partial charge in [-0.2, -0.15) is 23.4 Å². The van der Waals surface area contributed by atoms with Crippen molar-refractivity contribution < 1.29 is 27.1 Å². The average molecular weight is 602 g/mol. The van der Waals surface area contributed by atoms with Gasteiger partial charge in [-0.1, -0.05) is 6.07 Å². The molecule has 2 unspecified atom stereocenters. The lowest BCUT2D eigenvalue weighted by molar-refractivity contribution is -0.137. The number of fused-ring (bicyclic) bond motifs is 4.